The molecule has 0 amide bonds. The average molecular weight is 357 g/mol. The van der Waals surface area contributed by atoms with Crippen molar-refractivity contribution in [1.29, 1.82) is 0 Å². The Morgan fingerprint density at radius 2 is 2.00 bits per heavy atom. The first kappa shape index (κ1) is 15.6. The summed E-state index contributed by atoms with van der Waals surface area (Å²) in [6.07, 6.45) is 0.350. The molecule has 25 heavy (non-hydrogen) atoms. The van der Waals surface area contributed by atoms with Crippen LogP contribution in [0.2, 0.25) is 0 Å². The van der Waals surface area contributed by atoms with Crippen molar-refractivity contribution in [2.24, 2.45) is 0 Å². The molecule has 0 bridgehead atoms. The van der Waals surface area contributed by atoms with Crippen LogP contribution in [0.3, 0.4) is 0 Å². The Labute approximate surface area is 146 Å². The fourth-order valence-electron chi connectivity index (χ4n) is 2.52. The molecule has 0 aliphatic rings. The molecule has 3 aromatic heterocycles. The Balaban J connectivity index is 1.52. The second-order valence-corrected chi connectivity index (χ2v) is 6.22. The van der Waals surface area contributed by atoms with Gasteiger partial charge >= 0.3 is 0 Å². The molecule has 0 fully saturated rings. The number of benzene rings is 1. The quantitative estimate of drug-likeness (QED) is 0.590. The average Bonchev–Trinajstić information content (AvgIpc) is 3.26. The number of nitrogens with one attached hydrogen (secondary N) is 1. The van der Waals surface area contributed by atoms with Gasteiger partial charge in [-0.25, -0.2) is 8.78 Å². The lowest BCUT2D eigenvalue weighted by atomic mass is 10.1. The van der Waals surface area contributed by atoms with E-state index in [1.807, 2.05) is 16.8 Å². The Morgan fingerprint density at radius 1 is 1.08 bits per heavy atom. The summed E-state index contributed by atoms with van der Waals surface area (Å²) in [5.74, 6) is 0.419. The SMILES string of the molecule is Fc1ccc(F)c(CCNc2ccc3nnc(-c4ccsc4)n3n2)c1. The number of halogens is 2. The van der Waals surface area contributed by atoms with E-state index < -0.39 is 11.6 Å². The molecule has 0 aliphatic heterocycles. The van der Waals surface area contributed by atoms with Crippen molar-refractivity contribution < 1.29 is 8.78 Å². The van der Waals surface area contributed by atoms with Gasteiger partial charge in [0, 0.05) is 17.5 Å². The van der Waals surface area contributed by atoms with Crippen molar-refractivity contribution in [1.82, 2.24) is 19.8 Å². The minimum Gasteiger partial charge on any atom is -0.368 e. The van der Waals surface area contributed by atoms with Crippen LogP contribution in [0.1, 0.15) is 5.56 Å². The Morgan fingerprint density at radius 3 is 2.84 bits per heavy atom. The predicted molar refractivity (Wildman–Crippen MR) is 92.6 cm³/mol. The normalized spacial score (nSPS) is 11.1. The second-order valence-electron chi connectivity index (χ2n) is 5.44. The third-order valence-electron chi connectivity index (χ3n) is 3.75. The largest absolute Gasteiger partial charge is 0.368 e. The molecule has 5 nitrogen and oxygen atoms in total. The molecule has 1 aromatic carbocycles. The zero-order valence-corrected chi connectivity index (χ0v) is 13.8. The van der Waals surface area contributed by atoms with E-state index in [4.69, 9.17) is 0 Å². The third kappa shape index (κ3) is 3.20. The summed E-state index contributed by atoms with van der Waals surface area (Å²) in [5, 5.41) is 19.8. The topological polar surface area (TPSA) is 55.1 Å². The molecular formula is C17H13F2N5S. The summed E-state index contributed by atoms with van der Waals surface area (Å²) < 4.78 is 28.5. The van der Waals surface area contributed by atoms with Crippen LogP contribution in [0, 0.1) is 11.6 Å². The van der Waals surface area contributed by atoms with Crippen LogP contribution in [0.4, 0.5) is 14.6 Å². The molecule has 0 radical (unpaired) electrons. The molecule has 126 valence electrons. The highest BCUT2D eigenvalue weighted by Gasteiger charge is 2.10. The summed E-state index contributed by atoms with van der Waals surface area (Å²) in [6, 6.07) is 9.00. The van der Waals surface area contributed by atoms with Gasteiger partial charge in [-0.3, -0.25) is 0 Å². The third-order valence-corrected chi connectivity index (χ3v) is 4.43. The summed E-state index contributed by atoms with van der Waals surface area (Å²) >= 11 is 1.57. The molecule has 1 N–H and O–H groups in total. The first-order chi connectivity index (χ1) is 12.2. The Bertz CT molecular complexity index is 1010. The van der Waals surface area contributed by atoms with Crippen molar-refractivity contribution in [3.05, 3.63) is 64.4 Å². The first-order valence-electron chi connectivity index (χ1n) is 7.63. The van der Waals surface area contributed by atoms with E-state index >= 15 is 0 Å². The van der Waals surface area contributed by atoms with Crippen molar-refractivity contribution >= 4 is 22.8 Å². The highest BCUT2D eigenvalue weighted by molar-refractivity contribution is 7.08. The highest BCUT2D eigenvalue weighted by Crippen LogP contribution is 2.21. The number of fused-ring (bicyclic) bond motifs is 1. The van der Waals surface area contributed by atoms with Crippen molar-refractivity contribution in [2.45, 2.75) is 6.42 Å². The number of aromatic nitrogens is 4. The minimum atomic E-state index is -0.444. The van der Waals surface area contributed by atoms with E-state index in [2.05, 4.69) is 20.6 Å². The summed E-state index contributed by atoms with van der Waals surface area (Å²) in [5.41, 5.74) is 1.92. The zero-order valence-electron chi connectivity index (χ0n) is 13.0. The van der Waals surface area contributed by atoms with E-state index in [0.717, 1.165) is 17.7 Å². The zero-order chi connectivity index (χ0) is 17.2. The van der Waals surface area contributed by atoms with Gasteiger partial charge < -0.3 is 5.32 Å². The van der Waals surface area contributed by atoms with Crippen LogP contribution in [0.5, 0.6) is 0 Å². The molecule has 0 spiro atoms. The van der Waals surface area contributed by atoms with Crippen LogP contribution in [0.25, 0.3) is 17.0 Å². The van der Waals surface area contributed by atoms with Crippen LogP contribution < -0.4 is 5.32 Å². The summed E-state index contributed by atoms with van der Waals surface area (Å²) in [4.78, 5) is 0. The second kappa shape index (κ2) is 6.56. The van der Waals surface area contributed by atoms with Gasteiger partial charge in [-0.2, -0.15) is 15.9 Å². The number of hydrogen-bond acceptors (Lipinski definition) is 5. The molecule has 3 heterocycles. The van der Waals surface area contributed by atoms with Gasteiger partial charge in [0.2, 0.25) is 0 Å². The number of hydrogen-bond donors (Lipinski definition) is 1. The monoisotopic (exact) mass is 357 g/mol. The van der Waals surface area contributed by atoms with Gasteiger partial charge in [0.15, 0.2) is 11.5 Å². The van der Waals surface area contributed by atoms with Gasteiger partial charge in [-0.15, -0.1) is 15.3 Å². The minimum absolute atomic E-state index is 0.330. The predicted octanol–water partition coefficient (Wildman–Crippen LogP) is 3.79. The van der Waals surface area contributed by atoms with Crippen LogP contribution in [-0.4, -0.2) is 26.4 Å². The molecular weight excluding hydrogens is 344 g/mol. The molecule has 4 aromatic rings. The lowest BCUT2D eigenvalue weighted by molar-refractivity contribution is 0.586. The van der Waals surface area contributed by atoms with Gasteiger partial charge in [-0.1, -0.05) is 0 Å². The van der Waals surface area contributed by atoms with Crippen LogP contribution in [-0.2, 0) is 6.42 Å². The molecule has 0 unspecified atom stereocenters. The van der Waals surface area contributed by atoms with E-state index in [1.165, 1.54) is 6.07 Å². The first-order valence-corrected chi connectivity index (χ1v) is 8.58. The maximum Gasteiger partial charge on any atom is 0.186 e. The van der Waals surface area contributed by atoms with Gasteiger partial charge in [0.05, 0.1) is 0 Å². The standard InChI is InChI=1S/C17H13F2N5S/c18-13-1-2-14(19)11(9-13)5-7-20-15-3-4-16-21-22-17(24(16)23-15)12-6-8-25-10-12/h1-4,6,8-10H,5,7H2,(H,20,23). The summed E-state index contributed by atoms with van der Waals surface area (Å²) in [6.45, 7) is 0.425. The number of thiophene rings is 1. The fraction of sp³-hybridized carbons (Fsp3) is 0.118. The van der Waals surface area contributed by atoms with Gasteiger partial charge in [0.25, 0.3) is 0 Å². The molecule has 0 aliphatic carbocycles. The lowest BCUT2D eigenvalue weighted by Crippen LogP contribution is -2.09. The molecule has 0 saturated heterocycles. The van der Waals surface area contributed by atoms with E-state index in [9.17, 15) is 8.78 Å². The molecule has 0 atom stereocenters. The Hall–Kier alpha value is -2.87. The Kier molecular flexibility index (Phi) is 4.10. The number of anilines is 1. The maximum atomic E-state index is 13.6. The van der Waals surface area contributed by atoms with E-state index in [0.29, 0.717) is 35.8 Å². The highest BCUT2D eigenvalue weighted by atomic mass is 32.1. The fourth-order valence-corrected chi connectivity index (χ4v) is 3.15. The molecule has 4 rings (SSSR count). The maximum absolute atomic E-state index is 13.6. The van der Waals surface area contributed by atoms with Crippen molar-refractivity contribution in [3.8, 4) is 11.4 Å². The van der Waals surface area contributed by atoms with Crippen molar-refractivity contribution in [3.63, 3.8) is 0 Å². The molecule has 0 saturated carbocycles. The lowest BCUT2D eigenvalue weighted by Gasteiger charge is -2.07. The molecule has 8 heteroatoms. The van der Waals surface area contributed by atoms with E-state index in [1.54, 1.807) is 28.0 Å². The van der Waals surface area contributed by atoms with Crippen LogP contribution >= 0.6 is 11.3 Å². The van der Waals surface area contributed by atoms with Gasteiger partial charge in [0.1, 0.15) is 17.5 Å². The summed E-state index contributed by atoms with van der Waals surface area (Å²) in [7, 11) is 0. The van der Waals surface area contributed by atoms with Crippen molar-refractivity contribution in [2.75, 3.05) is 11.9 Å². The number of nitrogens with zero attached hydrogens (tertiary/aromatic N) is 4. The van der Waals surface area contributed by atoms with Crippen LogP contribution in [0.15, 0.2) is 47.2 Å². The number of rotatable bonds is 5. The van der Waals surface area contributed by atoms with Gasteiger partial charge in [-0.05, 0) is 53.8 Å². The smallest absolute Gasteiger partial charge is 0.186 e. The van der Waals surface area contributed by atoms with E-state index in [-0.39, 0.29) is 0 Å².